The van der Waals surface area contributed by atoms with Crippen LogP contribution < -0.4 is 61.6 Å². The first-order valence-corrected chi connectivity index (χ1v) is 6.42. The van der Waals surface area contributed by atoms with Crippen LogP contribution in [-0.4, -0.2) is 6.98 Å². The van der Waals surface area contributed by atoms with Gasteiger partial charge in [0.05, 0.1) is 5.75 Å². The van der Waals surface area contributed by atoms with Gasteiger partial charge in [0.25, 0.3) is 0 Å². The normalized spacial score (nSPS) is 10.9. The molecule has 1 nitrogen and oxygen atoms in total. The van der Waals surface area contributed by atoms with Crippen molar-refractivity contribution in [3.05, 3.63) is 58.6 Å². The molecule has 0 aliphatic rings. The van der Waals surface area contributed by atoms with Crippen molar-refractivity contribution in [2.45, 2.75) is 13.5 Å². The molecule has 7 heteroatoms. The van der Waals surface area contributed by atoms with E-state index in [0.29, 0.717) is 10.6 Å². The second-order valence-corrected chi connectivity index (χ2v) is 4.97. The quantitative estimate of drug-likeness (QED) is 0.763. The summed E-state index contributed by atoms with van der Waals surface area (Å²) in [5.41, 5.74) is 0.618. The summed E-state index contributed by atoms with van der Waals surface area (Å²) in [6.45, 7) is -3.40. The van der Waals surface area contributed by atoms with Crippen molar-refractivity contribution in [2.24, 2.45) is 0 Å². The summed E-state index contributed by atoms with van der Waals surface area (Å²) in [7, 11) is 0. The number of rotatable bonds is 4. The first-order chi connectivity index (χ1) is 9.36. The minimum absolute atomic E-state index is 0. The van der Waals surface area contributed by atoms with Crippen molar-refractivity contribution in [3.63, 3.8) is 0 Å². The van der Waals surface area contributed by atoms with Crippen molar-refractivity contribution >= 4 is 24.0 Å². The number of halogens is 4. The van der Waals surface area contributed by atoms with Gasteiger partial charge in [0.1, 0.15) is 6.61 Å². The third-order valence-corrected chi connectivity index (χ3v) is 3.08. The Bertz CT molecular complexity index is 602. The van der Waals surface area contributed by atoms with Crippen LogP contribution in [0.2, 0.25) is 5.02 Å². The number of hydrogen-bond donors (Lipinski definition) is 0. The van der Waals surface area contributed by atoms with Gasteiger partial charge in [-0.15, -0.1) is 0 Å². The third kappa shape index (κ3) is 5.62. The summed E-state index contributed by atoms with van der Waals surface area (Å²) >= 11 is 5.74. The number of hydrogen-bond acceptors (Lipinski definition) is 1. The minimum atomic E-state index is -5.09. The fourth-order valence-electron chi connectivity index (χ4n) is 1.80. The fraction of sp³-hybridized carbons (Fsp3) is 0.143. The van der Waals surface area contributed by atoms with Gasteiger partial charge in [-0.05, 0) is 30.7 Å². The second kappa shape index (κ2) is 8.04. The maximum Gasteiger partial charge on any atom is 1.00 e. The Morgan fingerprint density at radius 1 is 1.05 bits per heavy atom. The Morgan fingerprint density at radius 3 is 2.24 bits per heavy atom. The van der Waals surface area contributed by atoms with Crippen molar-refractivity contribution in [1.29, 1.82) is 0 Å². The van der Waals surface area contributed by atoms with Crippen LogP contribution >= 0.6 is 11.6 Å². The van der Waals surface area contributed by atoms with E-state index in [2.05, 4.69) is 0 Å². The number of aryl methyl sites for hydroxylation is 1. The molecule has 2 rings (SSSR count). The molecule has 2 aromatic carbocycles. The van der Waals surface area contributed by atoms with Crippen molar-refractivity contribution in [1.82, 2.24) is 0 Å². The molecule has 0 saturated carbocycles. The van der Waals surface area contributed by atoms with Gasteiger partial charge in [0.2, 0.25) is 0 Å². The smallest absolute Gasteiger partial charge is 0.492 e. The molecule has 2 aromatic rings. The van der Waals surface area contributed by atoms with E-state index in [9.17, 15) is 12.9 Å². The van der Waals surface area contributed by atoms with E-state index in [0.717, 1.165) is 11.6 Å². The maximum atomic E-state index is 13.0. The molecule has 106 valence electrons. The number of benzene rings is 2. The van der Waals surface area contributed by atoms with E-state index in [1.165, 1.54) is 6.07 Å². The number of ether oxygens (including phenoxy) is 1. The van der Waals surface area contributed by atoms with Crippen LogP contribution in [0.15, 0.2) is 42.5 Å². The first-order valence-electron chi connectivity index (χ1n) is 6.04. The Morgan fingerprint density at radius 2 is 1.67 bits per heavy atom. The fourth-order valence-corrected chi connectivity index (χ4v) is 1.92. The van der Waals surface area contributed by atoms with Crippen LogP contribution in [0.3, 0.4) is 0 Å². The molecule has 0 aliphatic carbocycles. The third-order valence-electron chi connectivity index (χ3n) is 2.83. The van der Waals surface area contributed by atoms with Gasteiger partial charge in [0, 0.05) is 5.02 Å². The van der Waals surface area contributed by atoms with Crippen LogP contribution in [0.5, 0.6) is 5.75 Å². The Hall–Kier alpha value is 0.0213. The van der Waals surface area contributed by atoms with Gasteiger partial charge < -0.3 is 17.7 Å². The molecular weight excluding hydrogens is 327 g/mol. The SMILES string of the molecule is Cc1ccc(OCc2ccc(Cl)cc2)c([B-](F)(F)F)c1.[K+]. The van der Waals surface area contributed by atoms with E-state index in [1.54, 1.807) is 37.3 Å². The molecule has 0 N–H and O–H groups in total. The molecule has 0 amide bonds. The monoisotopic (exact) mass is 338 g/mol. The van der Waals surface area contributed by atoms with Gasteiger partial charge in [-0.2, -0.15) is 0 Å². The Balaban J connectivity index is 0.00000220. The molecule has 0 aromatic heterocycles. The molecule has 0 radical (unpaired) electrons. The molecule has 0 atom stereocenters. The van der Waals surface area contributed by atoms with Crippen LogP contribution in [0.25, 0.3) is 0 Å². The zero-order valence-electron chi connectivity index (χ0n) is 11.7. The van der Waals surface area contributed by atoms with E-state index in [1.807, 2.05) is 0 Å². The first kappa shape index (κ1) is 19.1. The largest absolute Gasteiger partial charge is 1.00 e. The Kier molecular flexibility index (Phi) is 7.30. The van der Waals surface area contributed by atoms with Crippen LogP contribution in [0.4, 0.5) is 12.9 Å². The minimum Gasteiger partial charge on any atom is -0.492 e. The molecule has 0 heterocycles. The van der Waals surface area contributed by atoms with E-state index in [-0.39, 0.29) is 63.7 Å². The van der Waals surface area contributed by atoms with Crippen molar-refractivity contribution < 1.29 is 69.1 Å². The van der Waals surface area contributed by atoms with E-state index < -0.39 is 12.4 Å². The predicted molar refractivity (Wildman–Crippen MR) is 75.7 cm³/mol. The molecular formula is C14H12BClF3KO. The van der Waals surface area contributed by atoms with Gasteiger partial charge in [0.15, 0.2) is 0 Å². The summed E-state index contributed by atoms with van der Waals surface area (Å²) in [6, 6.07) is 10.8. The van der Waals surface area contributed by atoms with Gasteiger partial charge in [-0.25, -0.2) is 0 Å². The topological polar surface area (TPSA) is 9.23 Å². The zero-order valence-corrected chi connectivity index (χ0v) is 15.6. The van der Waals surface area contributed by atoms with Crippen LogP contribution in [0, 0.1) is 6.92 Å². The summed E-state index contributed by atoms with van der Waals surface area (Å²) in [5, 5.41) is 0.573. The summed E-state index contributed by atoms with van der Waals surface area (Å²) < 4.78 is 44.2. The molecule has 0 fully saturated rings. The molecule has 0 aliphatic heterocycles. The van der Waals surface area contributed by atoms with Crippen LogP contribution in [0.1, 0.15) is 11.1 Å². The van der Waals surface area contributed by atoms with E-state index in [4.69, 9.17) is 16.3 Å². The van der Waals surface area contributed by atoms with Gasteiger partial charge in [-0.1, -0.05) is 46.9 Å². The van der Waals surface area contributed by atoms with Gasteiger partial charge in [-0.3, -0.25) is 0 Å². The van der Waals surface area contributed by atoms with Gasteiger partial charge >= 0.3 is 58.4 Å². The molecule has 0 saturated heterocycles. The maximum absolute atomic E-state index is 13.0. The summed E-state index contributed by atoms with van der Waals surface area (Å²) in [6.07, 6.45) is 0. The average molecular weight is 339 g/mol. The van der Waals surface area contributed by atoms with Crippen molar-refractivity contribution in [2.75, 3.05) is 0 Å². The molecule has 0 unspecified atom stereocenters. The predicted octanol–water partition coefficient (Wildman–Crippen LogP) is 1.29. The average Bonchev–Trinajstić information content (AvgIpc) is 2.38. The standard InChI is InChI=1S/C14H12BClF3O.K/c1-10-2-7-14(13(8-10)15(17,18)19)20-9-11-3-5-12(16)6-4-11;/h2-8H,9H2,1H3;/q-1;+1. The van der Waals surface area contributed by atoms with Crippen molar-refractivity contribution in [3.8, 4) is 5.75 Å². The summed E-state index contributed by atoms with van der Waals surface area (Å²) in [5.74, 6) is -0.141. The molecule has 0 spiro atoms. The second-order valence-electron chi connectivity index (χ2n) is 4.53. The Labute approximate surface area is 169 Å². The summed E-state index contributed by atoms with van der Waals surface area (Å²) in [4.78, 5) is 0. The zero-order chi connectivity index (χ0) is 14.8. The molecule has 0 bridgehead atoms. The van der Waals surface area contributed by atoms with E-state index >= 15 is 0 Å². The van der Waals surface area contributed by atoms with Crippen LogP contribution in [-0.2, 0) is 6.61 Å². The molecule has 21 heavy (non-hydrogen) atoms.